The zero-order chi connectivity index (χ0) is 6.97. The SMILES string of the molecule is CCc1n[nH]c([SiH]2CC2)n1. The van der Waals surface area contributed by atoms with Crippen LogP contribution in [0.4, 0.5) is 0 Å². The Morgan fingerprint density at radius 2 is 2.40 bits per heavy atom. The van der Waals surface area contributed by atoms with E-state index in [4.69, 9.17) is 0 Å². The lowest BCUT2D eigenvalue weighted by atomic mass is 10.5. The number of aromatic amines is 1. The quantitative estimate of drug-likeness (QED) is 0.599. The van der Waals surface area contributed by atoms with Gasteiger partial charge in [0, 0.05) is 6.42 Å². The zero-order valence-electron chi connectivity index (χ0n) is 6.09. The van der Waals surface area contributed by atoms with Gasteiger partial charge in [0.2, 0.25) is 0 Å². The van der Waals surface area contributed by atoms with Gasteiger partial charge in [-0.3, -0.25) is 5.10 Å². The first kappa shape index (κ1) is 6.09. The summed E-state index contributed by atoms with van der Waals surface area (Å²) in [4.78, 5) is 4.39. The summed E-state index contributed by atoms with van der Waals surface area (Å²) in [7, 11) is -0.501. The van der Waals surface area contributed by atoms with E-state index in [-0.39, 0.29) is 0 Å². The van der Waals surface area contributed by atoms with Gasteiger partial charge in [-0.25, -0.2) is 4.98 Å². The van der Waals surface area contributed by atoms with E-state index in [9.17, 15) is 0 Å². The summed E-state index contributed by atoms with van der Waals surface area (Å²) in [6.07, 6.45) is 0.956. The van der Waals surface area contributed by atoms with Crippen LogP contribution in [0.15, 0.2) is 0 Å². The molecule has 1 aliphatic heterocycles. The summed E-state index contributed by atoms with van der Waals surface area (Å²) in [6, 6.07) is 2.86. The molecular weight excluding hydrogens is 142 g/mol. The van der Waals surface area contributed by atoms with Gasteiger partial charge in [-0.05, 0) is 0 Å². The normalized spacial score (nSPS) is 17.7. The number of hydrogen-bond acceptors (Lipinski definition) is 2. The van der Waals surface area contributed by atoms with Gasteiger partial charge >= 0.3 is 0 Å². The van der Waals surface area contributed by atoms with Gasteiger partial charge in [0.1, 0.15) is 14.6 Å². The Labute approximate surface area is 61.5 Å². The molecule has 1 aliphatic rings. The molecule has 0 aliphatic carbocycles. The molecule has 0 atom stereocenters. The van der Waals surface area contributed by atoms with Crippen LogP contribution < -0.4 is 5.45 Å². The van der Waals surface area contributed by atoms with Crippen molar-refractivity contribution >= 4 is 14.2 Å². The van der Waals surface area contributed by atoms with Gasteiger partial charge < -0.3 is 0 Å². The minimum Gasteiger partial charge on any atom is -0.268 e. The van der Waals surface area contributed by atoms with Crippen molar-refractivity contribution in [1.82, 2.24) is 15.2 Å². The minimum atomic E-state index is -0.501. The van der Waals surface area contributed by atoms with Crippen molar-refractivity contribution in [3.8, 4) is 0 Å². The van der Waals surface area contributed by atoms with E-state index in [0.717, 1.165) is 12.2 Å². The Morgan fingerprint density at radius 1 is 1.60 bits per heavy atom. The average Bonchev–Trinajstić information content (AvgIpc) is 2.70. The van der Waals surface area contributed by atoms with Crippen LogP contribution in [-0.4, -0.2) is 24.0 Å². The molecule has 0 radical (unpaired) electrons. The molecule has 0 saturated carbocycles. The van der Waals surface area contributed by atoms with E-state index in [1.165, 1.54) is 17.5 Å². The summed E-state index contributed by atoms with van der Waals surface area (Å²) >= 11 is 0. The third-order valence-corrected chi connectivity index (χ3v) is 4.02. The van der Waals surface area contributed by atoms with Crippen molar-refractivity contribution in [2.24, 2.45) is 0 Å². The molecule has 10 heavy (non-hydrogen) atoms. The first-order valence-corrected chi connectivity index (χ1v) is 6.02. The summed E-state index contributed by atoms with van der Waals surface area (Å²) in [6.45, 7) is 2.08. The van der Waals surface area contributed by atoms with Crippen molar-refractivity contribution in [1.29, 1.82) is 0 Å². The van der Waals surface area contributed by atoms with E-state index in [1.807, 2.05) is 0 Å². The molecule has 1 aromatic rings. The summed E-state index contributed by atoms with van der Waals surface area (Å²) in [5.41, 5.74) is 1.23. The molecule has 1 N–H and O–H groups in total. The second kappa shape index (κ2) is 2.19. The number of aryl methyl sites for hydroxylation is 1. The highest BCUT2D eigenvalue weighted by atomic mass is 28.3. The number of nitrogens with zero attached hydrogens (tertiary/aromatic N) is 2. The van der Waals surface area contributed by atoms with E-state index in [1.54, 1.807) is 0 Å². The van der Waals surface area contributed by atoms with Crippen molar-refractivity contribution in [3.63, 3.8) is 0 Å². The summed E-state index contributed by atoms with van der Waals surface area (Å²) in [5, 5.41) is 7.11. The molecule has 0 bridgehead atoms. The van der Waals surface area contributed by atoms with Crippen molar-refractivity contribution in [2.75, 3.05) is 0 Å². The average molecular weight is 153 g/mol. The van der Waals surface area contributed by atoms with E-state index in [0.29, 0.717) is 0 Å². The van der Waals surface area contributed by atoms with E-state index < -0.39 is 8.80 Å². The van der Waals surface area contributed by atoms with Crippen LogP contribution in [0, 0.1) is 0 Å². The second-order valence-electron chi connectivity index (χ2n) is 2.76. The maximum absolute atomic E-state index is 4.39. The van der Waals surface area contributed by atoms with Gasteiger partial charge in [-0.2, -0.15) is 5.10 Å². The third kappa shape index (κ3) is 0.987. The number of hydrogen-bond donors (Lipinski definition) is 1. The zero-order valence-corrected chi connectivity index (χ0v) is 7.25. The van der Waals surface area contributed by atoms with Crippen LogP contribution in [0.25, 0.3) is 0 Å². The standard InChI is InChI=1S/C6H11N3Si/c1-2-5-7-6(9-8-5)10-3-4-10/h10H,2-4H2,1H3,(H,7,8,9). The molecule has 54 valence electrons. The van der Waals surface area contributed by atoms with Crippen LogP contribution in [0.3, 0.4) is 0 Å². The number of nitrogens with one attached hydrogen (secondary N) is 1. The smallest absolute Gasteiger partial charge is 0.149 e. The molecule has 1 saturated heterocycles. The molecule has 4 heteroatoms. The van der Waals surface area contributed by atoms with Gasteiger partial charge in [-0.15, -0.1) is 0 Å². The largest absolute Gasteiger partial charge is 0.268 e. The maximum Gasteiger partial charge on any atom is 0.149 e. The van der Waals surface area contributed by atoms with Gasteiger partial charge in [0.05, 0.1) is 5.45 Å². The fraction of sp³-hybridized carbons (Fsp3) is 0.667. The van der Waals surface area contributed by atoms with Crippen LogP contribution in [0.1, 0.15) is 12.7 Å². The van der Waals surface area contributed by atoms with Crippen LogP contribution in [-0.2, 0) is 6.42 Å². The van der Waals surface area contributed by atoms with Gasteiger partial charge in [-0.1, -0.05) is 19.0 Å². The molecule has 2 heterocycles. The Balaban J connectivity index is 2.19. The second-order valence-corrected chi connectivity index (χ2v) is 5.86. The molecule has 0 amide bonds. The third-order valence-electron chi connectivity index (χ3n) is 1.83. The number of H-pyrrole nitrogens is 1. The van der Waals surface area contributed by atoms with Crippen molar-refractivity contribution in [2.45, 2.75) is 25.4 Å². The predicted octanol–water partition coefficient (Wildman–Crippen LogP) is -0.185. The molecule has 0 spiro atoms. The van der Waals surface area contributed by atoms with Crippen LogP contribution in [0.2, 0.25) is 12.1 Å². The summed E-state index contributed by atoms with van der Waals surface area (Å²) in [5.74, 6) is 0.981. The van der Waals surface area contributed by atoms with Gasteiger partial charge in [0.15, 0.2) is 0 Å². The molecule has 3 nitrogen and oxygen atoms in total. The van der Waals surface area contributed by atoms with Crippen LogP contribution in [0.5, 0.6) is 0 Å². The Kier molecular flexibility index (Phi) is 1.34. The predicted molar refractivity (Wildman–Crippen MR) is 42.2 cm³/mol. The maximum atomic E-state index is 4.39. The first-order valence-electron chi connectivity index (χ1n) is 3.81. The van der Waals surface area contributed by atoms with Crippen LogP contribution >= 0.6 is 0 Å². The molecule has 2 rings (SSSR count). The van der Waals surface area contributed by atoms with Gasteiger partial charge in [0.25, 0.3) is 0 Å². The van der Waals surface area contributed by atoms with E-state index in [2.05, 4.69) is 22.1 Å². The Hall–Kier alpha value is -0.643. The lowest BCUT2D eigenvalue weighted by Gasteiger charge is -1.81. The molecule has 1 aromatic heterocycles. The topological polar surface area (TPSA) is 41.6 Å². The number of rotatable bonds is 2. The van der Waals surface area contributed by atoms with Crippen molar-refractivity contribution < 1.29 is 0 Å². The monoisotopic (exact) mass is 153 g/mol. The molecule has 1 fully saturated rings. The minimum absolute atomic E-state index is 0.501. The first-order chi connectivity index (χ1) is 4.90. The molecule has 0 unspecified atom stereocenters. The molecular formula is C6H11N3Si. The lowest BCUT2D eigenvalue weighted by molar-refractivity contribution is 0.947. The fourth-order valence-corrected chi connectivity index (χ4v) is 2.80. The highest BCUT2D eigenvalue weighted by molar-refractivity contribution is 6.80. The Bertz CT molecular complexity index is 229. The molecule has 0 aromatic carbocycles. The van der Waals surface area contributed by atoms with Crippen molar-refractivity contribution in [3.05, 3.63) is 5.82 Å². The fourth-order valence-electron chi connectivity index (χ4n) is 1.01. The van der Waals surface area contributed by atoms with E-state index >= 15 is 0 Å². The highest BCUT2D eigenvalue weighted by Gasteiger charge is 2.29. The Morgan fingerprint density at radius 3 is 2.90 bits per heavy atom. The highest BCUT2D eigenvalue weighted by Crippen LogP contribution is 2.18. The number of aromatic nitrogens is 3. The summed E-state index contributed by atoms with van der Waals surface area (Å²) < 4.78 is 0. The lowest BCUT2D eigenvalue weighted by Crippen LogP contribution is -2.19.